The number of allylic oxidation sites excluding steroid dienone is 2. The second-order valence-electron chi connectivity index (χ2n) is 7.16. The number of fused-ring (bicyclic) bond motifs is 1. The topological polar surface area (TPSA) is 108 Å². The molecule has 172 valence electrons. The standard InChI is InChI=1S/C21H22F2N2O7/c1-3-31-19-8-12(4-7-18(19)32-21(22)23)16(9-20(27)30-2)24-10-13-14(11-24)17(26)6-5-15(13)25(28)29/h4-5,7-8,10,14,16,21H,3,6,9,11H2,1-2H3. The quantitative estimate of drug-likeness (QED) is 0.319. The third-order valence-electron chi connectivity index (χ3n) is 5.31. The Bertz CT molecular complexity index is 977. The Labute approximate surface area is 182 Å². The number of carbonyl (C=O) groups is 2. The van der Waals surface area contributed by atoms with E-state index in [0.717, 1.165) is 0 Å². The van der Waals surface area contributed by atoms with Crippen LogP contribution in [0.1, 0.15) is 31.4 Å². The predicted molar refractivity (Wildman–Crippen MR) is 107 cm³/mol. The van der Waals surface area contributed by atoms with Gasteiger partial charge >= 0.3 is 12.6 Å². The summed E-state index contributed by atoms with van der Waals surface area (Å²) < 4.78 is 40.1. The molecule has 1 aromatic rings. The average Bonchev–Trinajstić information content (AvgIpc) is 3.19. The molecule has 0 N–H and O–H groups in total. The molecule has 1 aromatic carbocycles. The first-order valence-corrected chi connectivity index (χ1v) is 9.88. The molecule has 1 aliphatic heterocycles. The fourth-order valence-electron chi connectivity index (χ4n) is 3.87. The minimum absolute atomic E-state index is 0.0397. The molecule has 0 radical (unpaired) electrons. The van der Waals surface area contributed by atoms with Crippen LogP contribution in [-0.4, -0.2) is 48.4 Å². The maximum absolute atomic E-state index is 12.7. The Kier molecular flexibility index (Phi) is 7.06. The van der Waals surface area contributed by atoms with Crippen LogP contribution in [0.15, 0.2) is 41.7 Å². The number of esters is 1. The van der Waals surface area contributed by atoms with Crippen LogP contribution in [0.2, 0.25) is 0 Å². The van der Waals surface area contributed by atoms with Gasteiger partial charge in [0.1, 0.15) is 5.78 Å². The molecule has 1 heterocycles. The Morgan fingerprint density at radius 3 is 2.72 bits per heavy atom. The maximum Gasteiger partial charge on any atom is 0.387 e. The molecule has 2 unspecified atom stereocenters. The fourth-order valence-corrected chi connectivity index (χ4v) is 3.87. The molecule has 3 rings (SSSR count). The minimum atomic E-state index is -3.05. The van der Waals surface area contributed by atoms with Crippen LogP contribution in [0.25, 0.3) is 0 Å². The summed E-state index contributed by atoms with van der Waals surface area (Å²) in [7, 11) is 1.23. The van der Waals surface area contributed by atoms with E-state index in [4.69, 9.17) is 9.47 Å². The van der Waals surface area contributed by atoms with Crippen molar-refractivity contribution in [3.8, 4) is 11.5 Å². The van der Waals surface area contributed by atoms with Crippen molar-refractivity contribution in [2.45, 2.75) is 32.4 Å². The lowest BCUT2D eigenvalue weighted by Crippen LogP contribution is -2.30. The number of hydrogen-bond donors (Lipinski definition) is 0. The van der Waals surface area contributed by atoms with E-state index in [9.17, 15) is 28.5 Å². The van der Waals surface area contributed by atoms with Crippen LogP contribution in [0.4, 0.5) is 8.78 Å². The van der Waals surface area contributed by atoms with Gasteiger partial charge in [-0.3, -0.25) is 19.7 Å². The summed E-state index contributed by atoms with van der Waals surface area (Å²) in [5.41, 5.74) is 0.656. The van der Waals surface area contributed by atoms with Gasteiger partial charge in [0, 0.05) is 25.2 Å². The van der Waals surface area contributed by atoms with Crippen LogP contribution in [-0.2, 0) is 14.3 Å². The number of carbonyl (C=O) groups excluding carboxylic acids is 2. The summed E-state index contributed by atoms with van der Waals surface area (Å²) in [6.07, 6.45) is 2.61. The van der Waals surface area contributed by atoms with Crippen molar-refractivity contribution in [1.82, 2.24) is 4.90 Å². The summed E-state index contributed by atoms with van der Waals surface area (Å²) in [6, 6.07) is 3.60. The Morgan fingerprint density at radius 1 is 1.34 bits per heavy atom. The summed E-state index contributed by atoms with van der Waals surface area (Å²) in [5, 5.41) is 11.4. The first kappa shape index (κ1) is 23.2. The molecule has 9 nitrogen and oxygen atoms in total. The number of ether oxygens (including phenoxy) is 3. The van der Waals surface area contributed by atoms with Crippen molar-refractivity contribution < 1.29 is 37.5 Å². The summed E-state index contributed by atoms with van der Waals surface area (Å²) in [6.45, 7) is -1.04. The van der Waals surface area contributed by atoms with E-state index in [1.165, 1.54) is 37.6 Å². The normalized spacial score (nSPS) is 18.6. The van der Waals surface area contributed by atoms with Gasteiger partial charge < -0.3 is 19.1 Å². The van der Waals surface area contributed by atoms with E-state index in [-0.39, 0.29) is 54.5 Å². The first-order valence-electron chi connectivity index (χ1n) is 9.88. The molecule has 0 bridgehead atoms. The molecular weight excluding hydrogens is 430 g/mol. The maximum atomic E-state index is 12.7. The number of nitro groups is 1. The molecule has 2 aliphatic rings. The van der Waals surface area contributed by atoms with Crippen LogP contribution in [0.5, 0.6) is 11.5 Å². The van der Waals surface area contributed by atoms with Gasteiger partial charge in [0.15, 0.2) is 11.5 Å². The van der Waals surface area contributed by atoms with Gasteiger partial charge in [0.05, 0.1) is 42.6 Å². The third kappa shape index (κ3) is 4.87. The van der Waals surface area contributed by atoms with Crippen molar-refractivity contribution in [2.24, 2.45) is 5.92 Å². The number of halogens is 2. The summed E-state index contributed by atoms with van der Waals surface area (Å²) in [5.74, 6) is -1.49. The largest absolute Gasteiger partial charge is 0.490 e. The molecule has 11 heteroatoms. The molecule has 0 saturated carbocycles. The Balaban J connectivity index is 2.00. The number of methoxy groups -OCH3 is 1. The van der Waals surface area contributed by atoms with E-state index in [1.807, 2.05) is 0 Å². The summed E-state index contributed by atoms with van der Waals surface area (Å²) in [4.78, 5) is 37.0. The van der Waals surface area contributed by atoms with Crippen LogP contribution in [0, 0.1) is 16.0 Å². The van der Waals surface area contributed by atoms with Gasteiger partial charge in [-0.2, -0.15) is 8.78 Å². The highest BCUT2D eigenvalue weighted by atomic mass is 19.3. The number of hydrogen-bond acceptors (Lipinski definition) is 8. The molecular formula is C21H22F2N2O7. The van der Waals surface area contributed by atoms with Gasteiger partial charge in [0.2, 0.25) is 0 Å². The smallest absolute Gasteiger partial charge is 0.387 e. The summed E-state index contributed by atoms with van der Waals surface area (Å²) >= 11 is 0. The zero-order valence-electron chi connectivity index (χ0n) is 17.5. The second kappa shape index (κ2) is 9.75. The Morgan fingerprint density at radius 2 is 2.09 bits per heavy atom. The SMILES string of the molecule is CCOc1cc(C(CC(=O)OC)N2C=C3C([N+](=O)[O-])=CCC(=O)C3C2)ccc1OC(F)F. The molecule has 0 saturated heterocycles. The number of ketones is 1. The van der Waals surface area contributed by atoms with Crippen molar-refractivity contribution >= 4 is 11.8 Å². The van der Waals surface area contributed by atoms with Crippen LogP contribution >= 0.6 is 0 Å². The van der Waals surface area contributed by atoms with E-state index in [1.54, 1.807) is 11.8 Å². The average molecular weight is 452 g/mol. The fraction of sp³-hybridized carbons (Fsp3) is 0.429. The number of rotatable bonds is 9. The molecule has 32 heavy (non-hydrogen) atoms. The second-order valence-corrected chi connectivity index (χ2v) is 7.16. The zero-order chi connectivity index (χ0) is 23.4. The molecule has 0 spiro atoms. The number of Topliss-reactive ketones (excluding diaryl/α,β-unsaturated/α-hetero) is 1. The Hall–Kier alpha value is -3.50. The predicted octanol–water partition coefficient (Wildman–Crippen LogP) is 3.24. The van der Waals surface area contributed by atoms with Gasteiger partial charge in [-0.1, -0.05) is 6.07 Å². The van der Waals surface area contributed by atoms with Crippen molar-refractivity contribution in [1.29, 1.82) is 0 Å². The first-order chi connectivity index (χ1) is 15.2. The van der Waals surface area contributed by atoms with E-state index in [0.29, 0.717) is 5.56 Å². The third-order valence-corrected chi connectivity index (χ3v) is 5.31. The highest BCUT2D eigenvalue weighted by Crippen LogP contribution is 2.40. The number of alkyl halides is 2. The molecule has 0 aromatic heterocycles. The molecule has 2 atom stereocenters. The molecule has 0 amide bonds. The van der Waals surface area contributed by atoms with E-state index < -0.39 is 29.5 Å². The van der Waals surface area contributed by atoms with Crippen LogP contribution in [0.3, 0.4) is 0 Å². The lowest BCUT2D eigenvalue weighted by Gasteiger charge is -2.29. The van der Waals surface area contributed by atoms with Crippen LogP contribution < -0.4 is 9.47 Å². The van der Waals surface area contributed by atoms with Gasteiger partial charge in [-0.25, -0.2) is 0 Å². The monoisotopic (exact) mass is 452 g/mol. The lowest BCUT2D eigenvalue weighted by molar-refractivity contribution is -0.421. The minimum Gasteiger partial charge on any atom is -0.490 e. The van der Waals surface area contributed by atoms with Gasteiger partial charge in [0.25, 0.3) is 5.70 Å². The van der Waals surface area contributed by atoms with E-state index >= 15 is 0 Å². The number of nitrogens with zero attached hydrogens (tertiary/aromatic N) is 2. The molecule has 0 fully saturated rings. The van der Waals surface area contributed by atoms with Gasteiger partial charge in [-0.05, 0) is 24.6 Å². The van der Waals surface area contributed by atoms with E-state index in [2.05, 4.69) is 4.74 Å². The van der Waals surface area contributed by atoms with Crippen molar-refractivity contribution in [3.05, 3.63) is 57.4 Å². The van der Waals surface area contributed by atoms with Gasteiger partial charge in [-0.15, -0.1) is 0 Å². The lowest BCUT2D eigenvalue weighted by atomic mass is 9.88. The number of benzene rings is 1. The van der Waals surface area contributed by atoms with Crippen molar-refractivity contribution in [3.63, 3.8) is 0 Å². The molecule has 1 aliphatic carbocycles. The van der Waals surface area contributed by atoms with Crippen molar-refractivity contribution in [2.75, 3.05) is 20.3 Å². The highest BCUT2D eigenvalue weighted by molar-refractivity contribution is 5.88. The highest BCUT2D eigenvalue weighted by Gasteiger charge is 2.42. The zero-order valence-corrected chi connectivity index (χ0v) is 17.5.